The first-order chi connectivity index (χ1) is 11.2. The molecule has 4 N–H and O–H groups in total. The Labute approximate surface area is 138 Å². The monoisotopic (exact) mass is 311 g/mol. The van der Waals surface area contributed by atoms with Crippen LogP contribution in [0.3, 0.4) is 0 Å². The molecular formula is C19H25N3O. The van der Waals surface area contributed by atoms with Gasteiger partial charge in [0, 0.05) is 12.2 Å². The van der Waals surface area contributed by atoms with E-state index in [-0.39, 0.29) is 5.91 Å². The van der Waals surface area contributed by atoms with Crippen molar-refractivity contribution < 1.29 is 4.79 Å². The zero-order chi connectivity index (χ0) is 16.5. The Morgan fingerprint density at radius 1 is 0.913 bits per heavy atom. The molecule has 4 nitrogen and oxygen atoms in total. The van der Waals surface area contributed by atoms with Gasteiger partial charge in [-0.1, -0.05) is 43.3 Å². The van der Waals surface area contributed by atoms with Crippen LogP contribution in [0.15, 0.2) is 48.5 Å². The number of hydrogen-bond acceptors (Lipinski definition) is 3. The van der Waals surface area contributed by atoms with E-state index in [2.05, 4.69) is 54.1 Å². The van der Waals surface area contributed by atoms with Crippen molar-refractivity contribution in [2.24, 2.45) is 5.84 Å². The van der Waals surface area contributed by atoms with Gasteiger partial charge in [-0.25, -0.2) is 5.84 Å². The van der Waals surface area contributed by atoms with Crippen LogP contribution in [0.25, 0.3) is 0 Å². The lowest BCUT2D eigenvalue weighted by atomic mass is 10.0. The predicted octanol–water partition coefficient (Wildman–Crippen LogP) is 2.83. The van der Waals surface area contributed by atoms with Crippen molar-refractivity contribution in [1.29, 1.82) is 0 Å². The Kier molecular flexibility index (Phi) is 6.63. The Hall–Kier alpha value is -2.33. The fourth-order valence-electron chi connectivity index (χ4n) is 2.41. The molecular weight excluding hydrogens is 286 g/mol. The maximum absolute atomic E-state index is 11.2. The van der Waals surface area contributed by atoms with Gasteiger partial charge in [0.2, 0.25) is 5.91 Å². The number of aryl methyl sites for hydroxylation is 2. The second kappa shape index (κ2) is 8.96. The lowest BCUT2D eigenvalue weighted by molar-refractivity contribution is -0.120. The molecule has 122 valence electrons. The van der Waals surface area contributed by atoms with Gasteiger partial charge in [-0.2, -0.15) is 0 Å². The summed E-state index contributed by atoms with van der Waals surface area (Å²) in [7, 11) is 0. The van der Waals surface area contributed by atoms with Crippen molar-refractivity contribution in [2.45, 2.75) is 32.6 Å². The van der Waals surface area contributed by atoms with Crippen molar-refractivity contribution in [2.75, 3.05) is 11.9 Å². The fourth-order valence-corrected chi connectivity index (χ4v) is 2.41. The number of hydrazine groups is 1. The summed E-state index contributed by atoms with van der Waals surface area (Å²) >= 11 is 0. The first-order valence-corrected chi connectivity index (χ1v) is 8.11. The third-order valence-corrected chi connectivity index (χ3v) is 3.78. The van der Waals surface area contributed by atoms with E-state index in [0.717, 1.165) is 31.4 Å². The average molecular weight is 311 g/mol. The zero-order valence-electron chi connectivity index (χ0n) is 13.6. The van der Waals surface area contributed by atoms with E-state index < -0.39 is 0 Å². The van der Waals surface area contributed by atoms with E-state index in [1.807, 2.05) is 12.1 Å². The summed E-state index contributed by atoms with van der Waals surface area (Å²) in [6.07, 6.45) is 3.45. The second-order valence-electron chi connectivity index (χ2n) is 5.68. The van der Waals surface area contributed by atoms with Crippen LogP contribution in [0.4, 0.5) is 5.69 Å². The normalized spacial score (nSPS) is 10.3. The third kappa shape index (κ3) is 5.75. The van der Waals surface area contributed by atoms with Gasteiger partial charge in [-0.15, -0.1) is 0 Å². The summed E-state index contributed by atoms with van der Waals surface area (Å²) in [6, 6.07) is 16.8. The molecule has 0 saturated heterocycles. The number of amides is 1. The molecule has 0 unspecified atom stereocenters. The number of nitrogens with one attached hydrogen (secondary N) is 2. The smallest absolute Gasteiger partial charge is 0.238 e. The Balaban J connectivity index is 1.84. The molecule has 1 amide bonds. The van der Waals surface area contributed by atoms with Crippen LogP contribution >= 0.6 is 0 Å². The highest BCUT2D eigenvalue weighted by molar-refractivity contribution is 5.77. The van der Waals surface area contributed by atoms with Crippen LogP contribution in [0, 0.1) is 0 Å². The van der Waals surface area contributed by atoms with Crippen LogP contribution in [0.1, 0.15) is 30.0 Å². The van der Waals surface area contributed by atoms with Gasteiger partial charge >= 0.3 is 0 Å². The maximum Gasteiger partial charge on any atom is 0.238 e. The summed E-state index contributed by atoms with van der Waals surface area (Å²) in [5.74, 6) is 4.92. The first kappa shape index (κ1) is 17.0. The molecule has 0 aliphatic rings. The van der Waals surface area contributed by atoms with Crippen molar-refractivity contribution in [3.63, 3.8) is 0 Å². The molecule has 2 aromatic carbocycles. The second-order valence-corrected chi connectivity index (χ2v) is 5.68. The summed E-state index contributed by atoms with van der Waals surface area (Å²) < 4.78 is 0. The summed E-state index contributed by atoms with van der Waals surface area (Å²) in [6.45, 7) is 3.17. The Bertz CT molecular complexity index is 606. The number of nitrogens with two attached hydrogens (primary N) is 1. The van der Waals surface area contributed by atoms with Gasteiger partial charge in [0.25, 0.3) is 0 Å². The van der Waals surface area contributed by atoms with Crippen molar-refractivity contribution >= 4 is 11.6 Å². The minimum absolute atomic E-state index is 0.172. The highest BCUT2D eigenvalue weighted by Crippen LogP contribution is 2.13. The minimum Gasteiger partial charge on any atom is -0.385 e. The van der Waals surface area contributed by atoms with Crippen molar-refractivity contribution in [1.82, 2.24) is 5.43 Å². The van der Waals surface area contributed by atoms with Gasteiger partial charge in [-0.05, 0) is 48.1 Å². The van der Waals surface area contributed by atoms with E-state index in [0.29, 0.717) is 6.42 Å². The molecule has 0 radical (unpaired) electrons. The minimum atomic E-state index is -0.172. The van der Waals surface area contributed by atoms with Crippen molar-refractivity contribution in [3.05, 3.63) is 65.2 Å². The Morgan fingerprint density at radius 3 is 1.96 bits per heavy atom. The van der Waals surface area contributed by atoms with Gasteiger partial charge in [0.15, 0.2) is 0 Å². The van der Waals surface area contributed by atoms with E-state index >= 15 is 0 Å². The van der Waals surface area contributed by atoms with Gasteiger partial charge < -0.3 is 5.32 Å². The number of rotatable bonds is 8. The molecule has 2 rings (SSSR count). The molecule has 0 atom stereocenters. The number of hydrogen-bond donors (Lipinski definition) is 3. The summed E-state index contributed by atoms with van der Waals surface area (Å²) in [4.78, 5) is 11.2. The SMILES string of the molecule is CCCNc1ccc(CCc2ccc(CC(=O)NN)cc2)cc1. The fraction of sp³-hybridized carbons (Fsp3) is 0.316. The van der Waals surface area contributed by atoms with Crippen LogP contribution in [0.2, 0.25) is 0 Å². The summed E-state index contributed by atoms with van der Waals surface area (Å²) in [5.41, 5.74) is 6.91. The molecule has 0 aliphatic carbocycles. The molecule has 0 saturated carbocycles. The number of carbonyl (C=O) groups excluding carboxylic acids is 1. The average Bonchev–Trinajstić information content (AvgIpc) is 2.60. The number of anilines is 1. The quantitative estimate of drug-likeness (QED) is 0.399. The largest absolute Gasteiger partial charge is 0.385 e. The zero-order valence-corrected chi connectivity index (χ0v) is 13.6. The van der Waals surface area contributed by atoms with Crippen LogP contribution in [0.5, 0.6) is 0 Å². The lowest BCUT2D eigenvalue weighted by Crippen LogP contribution is -2.31. The molecule has 0 spiro atoms. The first-order valence-electron chi connectivity index (χ1n) is 8.11. The summed E-state index contributed by atoms with van der Waals surface area (Å²) in [5, 5.41) is 3.38. The maximum atomic E-state index is 11.2. The molecule has 4 heteroatoms. The Morgan fingerprint density at radius 2 is 1.43 bits per heavy atom. The van der Waals surface area contributed by atoms with E-state index in [1.54, 1.807) is 0 Å². The number of carbonyl (C=O) groups is 1. The van der Waals surface area contributed by atoms with Crippen LogP contribution in [-0.2, 0) is 24.1 Å². The highest BCUT2D eigenvalue weighted by Gasteiger charge is 2.02. The molecule has 0 fully saturated rings. The molecule has 0 bridgehead atoms. The molecule has 0 heterocycles. The third-order valence-electron chi connectivity index (χ3n) is 3.78. The standard InChI is InChI=1S/C19H25N3O/c1-2-13-21-18-11-9-16(10-12-18)4-3-15-5-7-17(8-6-15)14-19(23)22-20/h5-12,21H,2-4,13-14,20H2,1H3,(H,22,23). The van der Waals surface area contributed by atoms with E-state index in [9.17, 15) is 4.79 Å². The van der Waals surface area contributed by atoms with Gasteiger partial charge in [0.05, 0.1) is 6.42 Å². The van der Waals surface area contributed by atoms with Crippen LogP contribution < -0.4 is 16.6 Å². The number of benzene rings is 2. The molecule has 0 aromatic heterocycles. The van der Waals surface area contributed by atoms with E-state index in [1.165, 1.54) is 16.8 Å². The van der Waals surface area contributed by atoms with Crippen molar-refractivity contribution in [3.8, 4) is 0 Å². The molecule has 2 aromatic rings. The van der Waals surface area contributed by atoms with Crippen LogP contribution in [-0.4, -0.2) is 12.5 Å². The van der Waals surface area contributed by atoms with Gasteiger partial charge in [0.1, 0.15) is 0 Å². The van der Waals surface area contributed by atoms with E-state index in [4.69, 9.17) is 5.84 Å². The lowest BCUT2D eigenvalue weighted by Gasteiger charge is -2.07. The molecule has 23 heavy (non-hydrogen) atoms. The molecule has 0 aliphatic heterocycles. The predicted molar refractivity (Wildman–Crippen MR) is 95.1 cm³/mol. The topological polar surface area (TPSA) is 67.2 Å². The highest BCUT2D eigenvalue weighted by atomic mass is 16.2. The van der Waals surface area contributed by atoms with Gasteiger partial charge in [-0.3, -0.25) is 10.2 Å².